The number of H-pyrrole nitrogens is 1. The number of amides is 4. The Balaban J connectivity index is 0.929. The average Bonchev–Trinajstić information content (AvgIpc) is 3.99. The molecule has 17 heteroatoms. The van der Waals surface area contributed by atoms with Gasteiger partial charge in [-0.1, -0.05) is 76.2 Å². The third-order valence-corrected chi connectivity index (χ3v) is 14.4. The molecule has 356 valence electrons. The van der Waals surface area contributed by atoms with Crippen molar-refractivity contribution < 1.29 is 42.2 Å². The van der Waals surface area contributed by atoms with E-state index in [9.17, 15) is 19.2 Å². The molecule has 9 atom stereocenters. The first kappa shape index (κ1) is 44.9. The molecule has 5 aliphatic rings. The van der Waals surface area contributed by atoms with Crippen molar-refractivity contribution in [2.75, 3.05) is 27.3 Å². The summed E-state index contributed by atoms with van der Waals surface area (Å²) in [7, 11) is 2.48. The van der Waals surface area contributed by atoms with Crippen LogP contribution in [0, 0.1) is 17.8 Å². The van der Waals surface area contributed by atoms with Crippen LogP contribution in [-0.4, -0.2) is 112 Å². The van der Waals surface area contributed by atoms with Crippen LogP contribution < -0.4 is 20.7 Å². The molecule has 10 rings (SSSR count). The van der Waals surface area contributed by atoms with Crippen LogP contribution in [0.25, 0.3) is 39.1 Å². The number of hydrogen-bond acceptors (Lipinski definition) is 9. The largest absolute Gasteiger partial charge is 0.465 e. The van der Waals surface area contributed by atoms with Crippen molar-refractivity contribution in [2.24, 2.45) is 17.8 Å². The van der Waals surface area contributed by atoms with Crippen molar-refractivity contribution in [3.05, 3.63) is 102 Å². The molecule has 1 aliphatic carbocycles. The normalized spacial score (nSPS) is 25.5. The van der Waals surface area contributed by atoms with Crippen LogP contribution in [0.15, 0.2) is 85.1 Å². The van der Waals surface area contributed by atoms with Gasteiger partial charge in [-0.15, -0.1) is 0 Å². The maximum Gasteiger partial charge on any atom is 0.407 e. The number of rotatable bonds is 11. The second-order valence-electron chi connectivity index (χ2n) is 19.4. The minimum Gasteiger partial charge on any atom is -0.465 e. The van der Waals surface area contributed by atoms with Crippen LogP contribution in [0.4, 0.5) is 18.4 Å². The topological polar surface area (TPSA) is 172 Å². The molecule has 4 N–H and O–H groups in total. The lowest BCUT2D eigenvalue weighted by Gasteiger charge is -2.35. The number of carbonyl (C=O) groups is 4. The predicted octanol–water partition coefficient (Wildman–Crippen LogP) is 7.65. The van der Waals surface area contributed by atoms with Crippen molar-refractivity contribution in [2.45, 2.75) is 95.2 Å². The SMILES string of the molecule is COC(=O)NC(C(=O)N1C[C@H](F)C[C@H]1C12CC1C=C(c1ccc3c(c1)OC(c1ccccc1)n1c-3cc3cc(-c4cnc([C@@H]5C[C@@H](F)CN5C(=O)C(NC(=O)OC)C(C)C)[nH]4)ccc31)N2)C(C)C. The molecule has 3 aromatic carbocycles. The third-order valence-electron chi connectivity index (χ3n) is 14.4. The van der Waals surface area contributed by atoms with Crippen LogP contribution in [-0.2, 0) is 19.1 Å². The van der Waals surface area contributed by atoms with Gasteiger partial charge in [-0.2, -0.15) is 0 Å². The van der Waals surface area contributed by atoms with Gasteiger partial charge in [0, 0.05) is 52.1 Å². The first-order valence-corrected chi connectivity index (χ1v) is 23.3. The summed E-state index contributed by atoms with van der Waals surface area (Å²) in [6.07, 6.45) is 0.533. The van der Waals surface area contributed by atoms with Crippen LogP contribution >= 0.6 is 0 Å². The Hall–Kier alpha value is -6.91. The fraction of sp³-hybridized carbons (Fsp3) is 0.431. The number of methoxy groups -OCH3 is 2. The highest BCUT2D eigenvalue weighted by atomic mass is 19.1. The molecule has 4 aliphatic heterocycles. The van der Waals surface area contributed by atoms with Gasteiger partial charge in [0.25, 0.3) is 0 Å². The summed E-state index contributed by atoms with van der Waals surface area (Å²) in [5, 5.41) is 9.98. The fourth-order valence-electron chi connectivity index (χ4n) is 10.9. The fourth-order valence-corrected chi connectivity index (χ4v) is 10.9. The Kier molecular flexibility index (Phi) is 11.4. The Labute approximate surface area is 392 Å². The average molecular weight is 931 g/mol. The molecule has 68 heavy (non-hydrogen) atoms. The number of aromatic amines is 1. The Morgan fingerprint density at radius 1 is 0.824 bits per heavy atom. The first-order chi connectivity index (χ1) is 32.7. The smallest absolute Gasteiger partial charge is 0.407 e. The number of alkyl halides is 2. The molecule has 6 heterocycles. The van der Waals surface area contributed by atoms with E-state index in [-0.39, 0.29) is 49.6 Å². The number of halogens is 2. The standard InChI is InChI=1S/C51H56F2N8O7/c1-26(2)43(56-49(64)66-5)46(62)59-24-33(52)20-40(59)45-54-23-37(55-45)29-13-15-38-31(16-29)17-39-35-14-12-30(18-41(35)68-48(61(38)39)28-10-8-7-9-11-28)36-19-32-22-51(32,58-36)42-21-34(53)25-60(42)47(63)44(27(3)4)57-50(65)67-6/h7-19,23,26-27,32-34,40,42-44,48,58H,20-22,24-25H2,1-6H3,(H,54,55)(H,56,64)(H,57,65)/t32?,33-,34-,40+,42+,43?,44?,48?,51?/m1/s1. The van der Waals surface area contributed by atoms with Gasteiger partial charge in [-0.3, -0.25) is 9.59 Å². The Morgan fingerprint density at radius 2 is 1.49 bits per heavy atom. The van der Waals surface area contributed by atoms with E-state index in [1.807, 2.05) is 70.2 Å². The highest BCUT2D eigenvalue weighted by molar-refractivity contribution is 5.93. The summed E-state index contributed by atoms with van der Waals surface area (Å²) in [6.45, 7) is 7.16. The molecule has 3 fully saturated rings. The van der Waals surface area contributed by atoms with Gasteiger partial charge < -0.3 is 49.5 Å². The quantitative estimate of drug-likeness (QED) is 0.104. The molecule has 5 aromatic rings. The molecule has 0 bridgehead atoms. The molecular weight excluding hydrogens is 875 g/mol. The lowest BCUT2D eigenvalue weighted by Crippen LogP contribution is -2.57. The summed E-state index contributed by atoms with van der Waals surface area (Å²) in [6, 6.07) is 21.6. The maximum atomic E-state index is 15.3. The summed E-state index contributed by atoms with van der Waals surface area (Å²) >= 11 is 0. The molecule has 2 aromatic heterocycles. The number of aromatic nitrogens is 3. The number of ether oxygens (including phenoxy) is 3. The van der Waals surface area contributed by atoms with E-state index in [4.69, 9.17) is 14.2 Å². The number of alkyl carbamates (subject to hydrolysis) is 2. The van der Waals surface area contributed by atoms with Crippen LogP contribution in [0.5, 0.6) is 5.75 Å². The van der Waals surface area contributed by atoms with Gasteiger partial charge >= 0.3 is 12.2 Å². The summed E-state index contributed by atoms with van der Waals surface area (Å²) in [4.78, 5) is 63.1. The third kappa shape index (κ3) is 7.78. The van der Waals surface area contributed by atoms with E-state index in [2.05, 4.69) is 66.9 Å². The van der Waals surface area contributed by atoms with E-state index in [1.54, 1.807) is 11.1 Å². The first-order valence-electron chi connectivity index (χ1n) is 23.3. The Morgan fingerprint density at radius 3 is 2.18 bits per heavy atom. The second-order valence-corrected chi connectivity index (χ2v) is 19.4. The maximum absolute atomic E-state index is 15.3. The van der Waals surface area contributed by atoms with Gasteiger partial charge in [0.1, 0.15) is 36.0 Å². The zero-order chi connectivity index (χ0) is 47.8. The number of nitrogens with one attached hydrogen (secondary N) is 4. The minimum atomic E-state index is -1.26. The summed E-state index contributed by atoms with van der Waals surface area (Å²) in [5.41, 5.74) is 6.59. The summed E-state index contributed by atoms with van der Waals surface area (Å²) in [5.74, 6) is 0.0306. The van der Waals surface area contributed by atoms with Crippen molar-refractivity contribution in [1.29, 1.82) is 0 Å². The van der Waals surface area contributed by atoms with Crippen LogP contribution in [0.1, 0.15) is 76.2 Å². The lowest BCUT2D eigenvalue weighted by atomic mass is 9.98. The van der Waals surface area contributed by atoms with Gasteiger partial charge in [-0.05, 0) is 48.6 Å². The number of carbonyl (C=O) groups excluding carboxylic acids is 4. The number of likely N-dealkylation sites (tertiary alicyclic amines) is 2. The molecule has 1 saturated carbocycles. The number of imidazole rings is 1. The number of nitrogens with zero attached hydrogens (tertiary/aromatic N) is 4. The van der Waals surface area contributed by atoms with Gasteiger partial charge in [0.15, 0.2) is 0 Å². The predicted molar refractivity (Wildman–Crippen MR) is 249 cm³/mol. The molecule has 0 spiro atoms. The van der Waals surface area contributed by atoms with Crippen molar-refractivity contribution in [1.82, 2.24) is 40.3 Å². The van der Waals surface area contributed by atoms with Gasteiger partial charge in [0.05, 0.1) is 68.0 Å². The summed E-state index contributed by atoms with van der Waals surface area (Å²) < 4.78 is 49.0. The van der Waals surface area contributed by atoms with E-state index in [1.165, 1.54) is 19.1 Å². The Bertz CT molecular complexity index is 2830. The van der Waals surface area contributed by atoms with Crippen molar-refractivity contribution >= 4 is 40.6 Å². The van der Waals surface area contributed by atoms with Gasteiger partial charge in [0.2, 0.25) is 18.0 Å². The monoisotopic (exact) mass is 930 g/mol. The molecule has 5 unspecified atom stereocenters. The van der Waals surface area contributed by atoms with E-state index < -0.39 is 66.4 Å². The zero-order valence-electron chi connectivity index (χ0n) is 38.8. The molecule has 4 amide bonds. The van der Waals surface area contributed by atoms with Crippen LogP contribution in [0.3, 0.4) is 0 Å². The highest BCUT2D eigenvalue weighted by Gasteiger charge is 2.65. The highest BCUT2D eigenvalue weighted by Crippen LogP contribution is 2.57. The lowest BCUT2D eigenvalue weighted by molar-refractivity contribution is -0.136. The van der Waals surface area contributed by atoms with E-state index in [0.29, 0.717) is 17.3 Å². The number of fused-ring (bicyclic) bond motifs is 6. The van der Waals surface area contributed by atoms with E-state index in [0.717, 1.165) is 51.0 Å². The number of benzene rings is 3. The van der Waals surface area contributed by atoms with Gasteiger partial charge in [-0.25, -0.2) is 23.4 Å². The van der Waals surface area contributed by atoms with E-state index >= 15 is 8.78 Å². The zero-order valence-corrected chi connectivity index (χ0v) is 38.8. The van der Waals surface area contributed by atoms with Crippen molar-refractivity contribution in [3.63, 3.8) is 0 Å². The number of hydrogen-bond donors (Lipinski definition) is 4. The molecular formula is C51H56F2N8O7. The minimum absolute atomic E-state index is 0.0346. The molecule has 15 nitrogen and oxygen atoms in total. The molecule has 0 radical (unpaired) electrons. The van der Waals surface area contributed by atoms with Crippen molar-refractivity contribution in [3.8, 4) is 28.3 Å². The molecule has 2 saturated heterocycles. The van der Waals surface area contributed by atoms with Crippen LogP contribution in [0.2, 0.25) is 0 Å². The second kappa shape index (κ2) is 17.3.